The number of carboxylic acids is 1. The number of pyridine rings is 1. The largest absolute Gasteiger partial charge is 0.478 e. The zero-order valence-corrected chi connectivity index (χ0v) is 14.8. The quantitative estimate of drug-likeness (QED) is 0.752. The summed E-state index contributed by atoms with van der Waals surface area (Å²) in [6, 6.07) is 13.8. The molecule has 0 saturated heterocycles. The maximum absolute atomic E-state index is 12.4. The zero-order chi connectivity index (χ0) is 18.8. The van der Waals surface area contributed by atoms with Crippen molar-refractivity contribution in [2.24, 2.45) is 0 Å². The normalized spacial score (nSPS) is 10.6. The van der Waals surface area contributed by atoms with Crippen molar-refractivity contribution in [3.8, 4) is 0 Å². The van der Waals surface area contributed by atoms with Gasteiger partial charge < -0.3 is 15.3 Å². The maximum Gasteiger partial charge on any atom is 0.336 e. The number of aromatic nitrogens is 1. The first-order valence-electron chi connectivity index (χ1n) is 8.08. The molecule has 0 aliphatic rings. The van der Waals surface area contributed by atoms with Gasteiger partial charge in [0.1, 0.15) is 5.82 Å². The first kappa shape index (κ1) is 17.4. The van der Waals surface area contributed by atoms with E-state index in [0.717, 1.165) is 5.56 Å². The highest BCUT2D eigenvalue weighted by atomic mass is 16.4. The number of fused-ring (bicyclic) bond motifs is 1. The van der Waals surface area contributed by atoms with Crippen LogP contribution in [0.2, 0.25) is 0 Å². The van der Waals surface area contributed by atoms with Crippen molar-refractivity contribution in [2.45, 2.75) is 6.92 Å². The second kappa shape index (κ2) is 6.84. The van der Waals surface area contributed by atoms with Crippen LogP contribution in [0.1, 0.15) is 26.3 Å². The minimum absolute atomic E-state index is 0.144. The number of carbonyl (C=O) groups is 2. The third-order valence-corrected chi connectivity index (χ3v) is 4.06. The summed E-state index contributed by atoms with van der Waals surface area (Å²) in [5.41, 5.74) is 2.83. The number of aromatic carboxylic acids is 1. The third-order valence-electron chi connectivity index (χ3n) is 4.06. The Morgan fingerprint density at radius 2 is 1.73 bits per heavy atom. The number of benzene rings is 2. The topological polar surface area (TPSA) is 82.5 Å². The maximum atomic E-state index is 12.4. The molecule has 3 rings (SSSR count). The van der Waals surface area contributed by atoms with Gasteiger partial charge in [-0.1, -0.05) is 17.7 Å². The molecule has 0 saturated carbocycles. The Morgan fingerprint density at radius 1 is 1.04 bits per heavy atom. The van der Waals surface area contributed by atoms with E-state index in [4.69, 9.17) is 0 Å². The number of hydrogen-bond donors (Lipinski definition) is 2. The van der Waals surface area contributed by atoms with Gasteiger partial charge in [-0.25, -0.2) is 9.78 Å². The van der Waals surface area contributed by atoms with Crippen LogP contribution in [-0.4, -0.2) is 36.1 Å². The lowest BCUT2D eigenvalue weighted by molar-refractivity contribution is 0.0699. The average Bonchev–Trinajstić information content (AvgIpc) is 2.61. The SMILES string of the molecule is Cc1ccc(C(=O)Nc2ccc3nc(N(C)C)cc(C(=O)O)c3c2)cc1. The first-order valence-corrected chi connectivity index (χ1v) is 8.08. The third kappa shape index (κ3) is 3.49. The van der Waals surface area contributed by atoms with E-state index in [0.29, 0.717) is 28.0 Å². The number of amides is 1. The highest BCUT2D eigenvalue weighted by Crippen LogP contribution is 2.25. The molecular weight excluding hydrogens is 330 g/mol. The van der Waals surface area contributed by atoms with Crippen molar-refractivity contribution in [1.82, 2.24) is 4.98 Å². The summed E-state index contributed by atoms with van der Waals surface area (Å²) in [4.78, 5) is 30.2. The summed E-state index contributed by atoms with van der Waals surface area (Å²) >= 11 is 0. The van der Waals surface area contributed by atoms with E-state index in [9.17, 15) is 14.7 Å². The predicted molar refractivity (Wildman–Crippen MR) is 102 cm³/mol. The molecule has 0 unspecified atom stereocenters. The van der Waals surface area contributed by atoms with Crippen LogP contribution in [0.25, 0.3) is 10.9 Å². The molecule has 0 spiro atoms. The van der Waals surface area contributed by atoms with Gasteiger partial charge in [-0.3, -0.25) is 4.79 Å². The Morgan fingerprint density at radius 3 is 2.35 bits per heavy atom. The van der Waals surface area contributed by atoms with E-state index in [-0.39, 0.29) is 11.5 Å². The minimum Gasteiger partial charge on any atom is -0.478 e. The van der Waals surface area contributed by atoms with Crippen LogP contribution in [-0.2, 0) is 0 Å². The molecule has 1 heterocycles. The van der Waals surface area contributed by atoms with E-state index < -0.39 is 5.97 Å². The first-order chi connectivity index (χ1) is 12.3. The molecule has 0 bridgehead atoms. The number of carbonyl (C=O) groups excluding carboxylic acids is 1. The van der Waals surface area contributed by atoms with Crippen molar-refractivity contribution < 1.29 is 14.7 Å². The van der Waals surface area contributed by atoms with Crippen LogP contribution in [0.4, 0.5) is 11.5 Å². The van der Waals surface area contributed by atoms with E-state index in [1.54, 1.807) is 49.3 Å². The van der Waals surface area contributed by atoms with E-state index in [2.05, 4.69) is 10.3 Å². The summed E-state index contributed by atoms with van der Waals surface area (Å²) in [5.74, 6) is -0.729. The van der Waals surface area contributed by atoms with Crippen LogP contribution in [0.15, 0.2) is 48.5 Å². The molecule has 1 aromatic heterocycles. The number of nitrogens with zero attached hydrogens (tertiary/aromatic N) is 2. The summed E-state index contributed by atoms with van der Waals surface area (Å²) in [5, 5.41) is 12.8. The van der Waals surface area contributed by atoms with Gasteiger partial charge in [0.25, 0.3) is 5.91 Å². The summed E-state index contributed by atoms with van der Waals surface area (Å²) in [7, 11) is 3.60. The number of hydrogen-bond acceptors (Lipinski definition) is 4. The second-order valence-electron chi connectivity index (χ2n) is 6.28. The fourth-order valence-electron chi connectivity index (χ4n) is 2.60. The fourth-order valence-corrected chi connectivity index (χ4v) is 2.60. The molecule has 6 nitrogen and oxygen atoms in total. The molecule has 3 aromatic rings. The lowest BCUT2D eigenvalue weighted by Crippen LogP contribution is -2.13. The molecule has 0 atom stereocenters. The number of nitrogens with one attached hydrogen (secondary N) is 1. The van der Waals surface area contributed by atoms with Crippen molar-refractivity contribution in [2.75, 3.05) is 24.3 Å². The number of anilines is 2. The molecule has 0 aliphatic heterocycles. The fraction of sp³-hybridized carbons (Fsp3) is 0.150. The standard InChI is InChI=1S/C20H19N3O3/c1-12-4-6-13(7-5-12)19(24)21-14-8-9-17-15(10-14)16(20(25)26)11-18(22-17)23(2)3/h4-11H,1-3H3,(H,21,24)(H,25,26). The van der Waals surface area contributed by atoms with Crippen molar-refractivity contribution >= 4 is 34.3 Å². The highest BCUT2D eigenvalue weighted by molar-refractivity contribution is 6.08. The van der Waals surface area contributed by atoms with E-state index in [1.165, 1.54) is 6.07 Å². The van der Waals surface area contributed by atoms with Gasteiger partial charge >= 0.3 is 5.97 Å². The highest BCUT2D eigenvalue weighted by Gasteiger charge is 2.14. The summed E-state index contributed by atoms with van der Waals surface area (Å²) in [6.07, 6.45) is 0. The lowest BCUT2D eigenvalue weighted by atomic mass is 10.1. The molecule has 0 fully saturated rings. The Hall–Kier alpha value is -3.41. The van der Waals surface area contributed by atoms with Gasteiger partial charge in [-0.15, -0.1) is 0 Å². The Labute approximate surface area is 151 Å². The van der Waals surface area contributed by atoms with Crippen molar-refractivity contribution in [3.63, 3.8) is 0 Å². The van der Waals surface area contributed by atoms with Crippen LogP contribution < -0.4 is 10.2 Å². The van der Waals surface area contributed by atoms with Gasteiger partial charge in [0, 0.05) is 30.7 Å². The van der Waals surface area contributed by atoms with E-state index in [1.807, 2.05) is 19.1 Å². The average molecular weight is 349 g/mol. The van der Waals surface area contributed by atoms with Crippen molar-refractivity contribution in [3.05, 3.63) is 65.2 Å². The van der Waals surface area contributed by atoms with E-state index >= 15 is 0 Å². The molecule has 0 radical (unpaired) electrons. The van der Waals surface area contributed by atoms with Gasteiger partial charge in [0.05, 0.1) is 11.1 Å². The number of rotatable bonds is 4. The van der Waals surface area contributed by atoms with Gasteiger partial charge in [-0.05, 0) is 43.3 Å². The Kier molecular flexibility index (Phi) is 4.58. The van der Waals surface area contributed by atoms with Gasteiger partial charge in [-0.2, -0.15) is 0 Å². The summed E-state index contributed by atoms with van der Waals surface area (Å²) < 4.78 is 0. The van der Waals surface area contributed by atoms with Crippen LogP contribution >= 0.6 is 0 Å². The number of aryl methyl sites for hydroxylation is 1. The lowest BCUT2D eigenvalue weighted by Gasteiger charge is -2.14. The molecule has 2 aromatic carbocycles. The predicted octanol–water partition coefficient (Wildman–Crippen LogP) is 3.56. The van der Waals surface area contributed by atoms with Crippen molar-refractivity contribution in [1.29, 1.82) is 0 Å². The van der Waals surface area contributed by atoms with Crippen LogP contribution in [0.5, 0.6) is 0 Å². The molecule has 1 amide bonds. The Balaban J connectivity index is 1.99. The molecule has 6 heteroatoms. The molecule has 132 valence electrons. The zero-order valence-electron chi connectivity index (χ0n) is 14.8. The number of carboxylic acid groups (broad SMARTS) is 1. The molecule has 26 heavy (non-hydrogen) atoms. The monoisotopic (exact) mass is 349 g/mol. The minimum atomic E-state index is -1.04. The van der Waals surface area contributed by atoms with Crippen LogP contribution in [0.3, 0.4) is 0 Å². The molecular formula is C20H19N3O3. The second-order valence-corrected chi connectivity index (χ2v) is 6.28. The van der Waals surface area contributed by atoms with Crippen LogP contribution in [0, 0.1) is 6.92 Å². The smallest absolute Gasteiger partial charge is 0.336 e. The summed E-state index contributed by atoms with van der Waals surface area (Å²) in [6.45, 7) is 1.95. The Bertz CT molecular complexity index is 995. The van der Waals surface area contributed by atoms with Gasteiger partial charge in [0.2, 0.25) is 0 Å². The molecule has 0 aliphatic carbocycles. The molecule has 2 N–H and O–H groups in total. The van der Waals surface area contributed by atoms with Gasteiger partial charge in [0.15, 0.2) is 0 Å².